The number of methoxy groups -OCH3 is 1. The minimum atomic E-state index is -0.490. The largest absolute Gasteiger partial charge is 0.497 e. The lowest BCUT2D eigenvalue weighted by Crippen LogP contribution is -2.45. The first kappa shape index (κ1) is 22.2. The molecule has 1 fully saturated rings. The highest BCUT2D eigenvalue weighted by Gasteiger charge is 2.29. The zero-order valence-corrected chi connectivity index (χ0v) is 19.4. The number of anilines is 1. The van der Waals surface area contributed by atoms with Gasteiger partial charge in [-0.2, -0.15) is 4.68 Å². The van der Waals surface area contributed by atoms with Crippen molar-refractivity contribution in [3.63, 3.8) is 0 Å². The zero-order valence-electron chi connectivity index (χ0n) is 18.6. The average Bonchev–Trinajstić information content (AvgIpc) is 3.43. The van der Waals surface area contributed by atoms with Gasteiger partial charge in [0.25, 0.3) is 0 Å². The molecule has 2 aromatic carbocycles. The second-order valence-corrected chi connectivity index (χ2v) is 8.85. The maximum Gasteiger partial charge on any atom is 0.340 e. The van der Waals surface area contributed by atoms with E-state index in [9.17, 15) is 9.59 Å². The van der Waals surface area contributed by atoms with Gasteiger partial charge < -0.3 is 15.5 Å². The molecule has 4 aromatic rings. The fourth-order valence-corrected chi connectivity index (χ4v) is 4.36. The van der Waals surface area contributed by atoms with E-state index in [-0.39, 0.29) is 12.1 Å². The fourth-order valence-electron chi connectivity index (χ4n) is 4.23. The van der Waals surface area contributed by atoms with Crippen molar-refractivity contribution in [3.05, 3.63) is 79.6 Å². The summed E-state index contributed by atoms with van der Waals surface area (Å²) in [5.74, 6) is 1.95. The van der Waals surface area contributed by atoms with E-state index in [2.05, 4.69) is 10.7 Å². The summed E-state index contributed by atoms with van der Waals surface area (Å²) in [7, 11) is 1.62. The molecular formula is C25H24ClN5O3. The molecule has 0 aliphatic heterocycles. The molecule has 8 nitrogen and oxygen atoms in total. The summed E-state index contributed by atoms with van der Waals surface area (Å²) in [4.78, 5) is 32.5. The quantitative estimate of drug-likeness (QED) is 0.390. The highest BCUT2D eigenvalue weighted by Crippen LogP contribution is 2.29. The van der Waals surface area contributed by atoms with Gasteiger partial charge in [-0.15, -0.1) is 0 Å². The van der Waals surface area contributed by atoms with Crippen LogP contribution in [-0.4, -0.2) is 33.8 Å². The number of halogens is 1. The Balaban J connectivity index is 1.48. The van der Waals surface area contributed by atoms with Crippen LogP contribution in [0.2, 0.25) is 5.02 Å². The minimum Gasteiger partial charge on any atom is -0.497 e. The van der Waals surface area contributed by atoms with Crippen LogP contribution in [0.5, 0.6) is 5.75 Å². The van der Waals surface area contributed by atoms with Gasteiger partial charge in [-0.25, -0.2) is 9.97 Å². The highest BCUT2D eigenvalue weighted by atomic mass is 35.5. The van der Waals surface area contributed by atoms with Crippen molar-refractivity contribution in [1.29, 1.82) is 0 Å². The first-order chi connectivity index (χ1) is 16.5. The number of fused-ring (bicyclic) bond motifs is 1. The highest BCUT2D eigenvalue weighted by molar-refractivity contribution is 6.30. The molecule has 0 bridgehead atoms. The van der Waals surface area contributed by atoms with Gasteiger partial charge in [0.1, 0.15) is 11.6 Å². The third-order valence-electron chi connectivity index (χ3n) is 6.14. The van der Waals surface area contributed by atoms with Crippen LogP contribution in [0.1, 0.15) is 37.1 Å². The zero-order chi connectivity index (χ0) is 23.7. The van der Waals surface area contributed by atoms with E-state index in [0.29, 0.717) is 22.4 Å². The van der Waals surface area contributed by atoms with Crippen molar-refractivity contribution >= 4 is 40.5 Å². The maximum atomic E-state index is 11.5. The summed E-state index contributed by atoms with van der Waals surface area (Å²) in [6.07, 6.45) is 7.62. The lowest BCUT2D eigenvalue weighted by molar-refractivity contribution is 0.405. The number of nitrogens with one attached hydrogen (secondary N) is 2. The number of hydrogen-bond acceptors (Lipinski definition) is 7. The molecule has 0 unspecified atom stereocenters. The Kier molecular flexibility index (Phi) is 6.06. The van der Waals surface area contributed by atoms with Crippen molar-refractivity contribution in [2.45, 2.75) is 37.8 Å². The molecule has 2 heterocycles. The lowest BCUT2D eigenvalue weighted by atomic mass is 9.90. The molecule has 34 heavy (non-hydrogen) atoms. The van der Waals surface area contributed by atoms with Gasteiger partial charge in [0.15, 0.2) is 5.82 Å². The number of ether oxygens (including phenoxy) is 1. The molecule has 1 aliphatic carbocycles. The summed E-state index contributed by atoms with van der Waals surface area (Å²) >= 11 is 5.98. The predicted octanol–water partition coefficient (Wildman–Crippen LogP) is 3.83. The van der Waals surface area contributed by atoms with E-state index in [1.807, 2.05) is 54.6 Å². The van der Waals surface area contributed by atoms with Crippen LogP contribution in [0.4, 0.5) is 5.82 Å². The van der Waals surface area contributed by atoms with E-state index in [0.717, 1.165) is 46.8 Å². The van der Waals surface area contributed by atoms with Crippen molar-refractivity contribution in [2.75, 3.05) is 17.9 Å². The first-order valence-electron chi connectivity index (χ1n) is 11.2. The molecule has 174 valence electrons. The molecule has 5 rings (SSSR count). The third kappa shape index (κ3) is 4.68. The normalized spacial score (nSPS) is 18.5. The minimum absolute atomic E-state index is 0.00709. The second-order valence-electron chi connectivity index (χ2n) is 8.41. The summed E-state index contributed by atoms with van der Waals surface area (Å²) in [6.45, 7) is 0. The average molecular weight is 478 g/mol. The van der Waals surface area contributed by atoms with Crippen LogP contribution in [0.15, 0.2) is 52.1 Å². The van der Waals surface area contributed by atoms with Gasteiger partial charge in [0, 0.05) is 16.5 Å². The van der Waals surface area contributed by atoms with Gasteiger partial charge in [0.05, 0.1) is 18.7 Å². The molecular weight excluding hydrogens is 454 g/mol. The SMILES string of the molecule is COc1ccc2nc(C=Cc3ccc(Cl)cc3)nc(N[C@H]3CCCC[C@H]3Nn3c(=O)c3=O)c2c1. The van der Waals surface area contributed by atoms with Gasteiger partial charge >= 0.3 is 11.1 Å². The molecule has 0 radical (unpaired) electrons. The topological polar surface area (TPSA) is 98.1 Å². The molecule has 0 spiro atoms. The second kappa shape index (κ2) is 9.30. The van der Waals surface area contributed by atoms with Crippen LogP contribution >= 0.6 is 11.6 Å². The van der Waals surface area contributed by atoms with Crippen molar-refractivity contribution < 1.29 is 4.74 Å². The van der Waals surface area contributed by atoms with Crippen LogP contribution < -0.4 is 26.6 Å². The van der Waals surface area contributed by atoms with Crippen LogP contribution in [0.3, 0.4) is 0 Å². The maximum absolute atomic E-state index is 11.5. The van der Waals surface area contributed by atoms with Crippen LogP contribution in [0, 0.1) is 0 Å². The molecule has 0 saturated heterocycles. The molecule has 2 N–H and O–H groups in total. The van der Waals surface area contributed by atoms with Gasteiger partial charge in [-0.1, -0.05) is 42.7 Å². The van der Waals surface area contributed by atoms with Gasteiger partial charge in [-0.3, -0.25) is 9.59 Å². The number of hydrogen-bond donors (Lipinski definition) is 2. The molecule has 9 heteroatoms. The van der Waals surface area contributed by atoms with E-state index >= 15 is 0 Å². The number of nitrogens with zero attached hydrogens (tertiary/aromatic N) is 3. The summed E-state index contributed by atoms with van der Waals surface area (Å²) in [6, 6.07) is 13.1. The van der Waals surface area contributed by atoms with Crippen molar-refractivity contribution in [2.24, 2.45) is 0 Å². The molecule has 0 amide bonds. The summed E-state index contributed by atoms with van der Waals surface area (Å²) < 4.78 is 6.51. The lowest BCUT2D eigenvalue weighted by Gasteiger charge is -2.33. The van der Waals surface area contributed by atoms with Crippen molar-refractivity contribution in [1.82, 2.24) is 14.6 Å². The summed E-state index contributed by atoms with van der Waals surface area (Å²) in [5.41, 5.74) is 3.87. The Bertz CT molecular complexity index is 1400. The van der Waals surface area contributed by atoms with E-state index in [1.54, 1.807) is 7.11 Å². The predicted molar refractivity (Wildman–Crippen MR) is 135 cm³/mol. The first-order valence-corrected chi connectivity index (χ1v) is 11.6. The van der Waals surface area contributed by atoms with Crippen molar-refractivity contribution in [3.8, 4) is 5.75 Å². The van der Waals surface area contributed by atoms with Gasteiger partial charge in [0.2, 0.25) is 0 Å². The number of rotatable bonds is 7. The Labute approximate surface area is 200 Å². The smallest absolute Gasteiger partial charge is 0.340 e. The molecule has 2 aromatic heterocycles. The Morgan fingerprint density at radius 2 is 1.74 bits per heavy atom. The Morgan fingerprint density at radius 3 is 2.44 bits per heavy atom. The Morgan fingerprint density at radius 1 is 1.00 bits per heavy atom. The third-order valence-corrected chi connectivity index (χ3v) is 6.39. The monoisotopic (exact) mass is 477 g/mol. The molecule has 1 aliphatic rings. The number of benzene rings is 2. The summed E-state index contributed by atoms with van der Waals surface area (Å²) in [5, 5.41) is 5.09. The van der Waals surface area contributed by atoms with E-state index < -0.39 is 11.1 Å². The fraction of sp³-hybridized carbons (Fsp3) is 0.280. The molecule has 1 saturated carbocycles. The van der Waals surface area contributed by atoms with Crippen LogP contribution in [0.25, 0.3) is 23.1 Å². The number of aromatic nitrogens is 3. The molecule has 2 atom stereocenters. The van der Waals surface area contributed by atoms with Crippen LogP contribution in [-0.2, 0) is 0 Å². The van der Waals surface area contributed by atoms with Gasteiger partial charge in [-0.05, 0) is 54.8 Å². The Hall–Kier alpha value is -3.65. The standard InChI is InChI=1S/C25H24ClN5O3/c1-34-17-11-12-19-18(14-17)23(29-22(27-19)13-8-15-6-9-16(26)10-7-15)28-20-4-2-3-5-21(20)30-31-24(32)25(31)33/h6-14,20-21,30H,2-5H2,1H3,(H,27,28,29)/t20-,21+/m0/s1. The van der Waals surface area contributed by atoms with E-state index in [1.165, 1.54) is 0 Å². The van der Waals surface area contributed by atoms with E-state index in [4.69, 9.17) is 26.3 Å².